The molecule has 0 aliphatic carbocycles. The van der Waals surface area contributed by atoms with Gasteiger partial charge in [-0.05, 0) is 12.1 Å². The smallest absolute Gasteiger partial charge is 0.107 e. The Balaban J connectivity index is 2.74. The Kier molecular flexibility index (Phi) is 3.82. The largest absolute Gasteiger partial charge is 0.394 e. The second-order valence-corrected chi connectivity index (χ2v) is 3.12. The fourth-order valence-electron chi connectivity index (χ4n) is 1.01. The number of aliphatic hydroxyl groups is 3. The molecule has 0 spiro atoms. The predicted octanol–water partition coefficient (Wildman–Crippen LogP) is -0.791. The van der Waals surface area contributed by atoms with E-state index in [4.69, 9.17) is 15.3 Å². The molecule has 1 aromatic heterocycles. The molecule has 0 aliphatic heterocycles. The lowest BCUT2D eigenvalue weighted by Gasteiger charge is -2.29. The third kappa shape index (κ3) is 2.41. The quantitative estimate of drug-likeness (QED) is 0.498. The normalized spacial score (nSPS) is 11.4. The highest BCUT2D eigenvalue weighted by atomic mass is 16.3. The first kappa shape index (κ1) is 10.9. The number of aromatic nitrogens is 1. The maximum atomic E-state index is 9.04. The number of pyridine rings is 1. The number of hydrogen-bond acceptors (Lipinski definition) is 5. The van der Waals surface area contributed by atoms with Gasteiger partial charge in [0.25, 0.3) is 0 Å². The van der Waals surface area contributed by atoms with E-state index in [1.165, 1.54) is 0 Å². The monoisotopic (exact) mass is 198 g/mol. The lowest BCUT2D eigenvalue weighted by atomic mass is 10.0. The number of anilines is 1. The summed E-state index contributed by atoms with van der Waals surface area (Å²) in [6.45, 7) is -1.03. The molecule has 1 heterocycles. The highest BCUT2D eigenvalue weighted by molar-refractivity contribution is 5.44. The molecule has 0 bridgehead atoms. The molecule has 5 heteroatoms. The Bertz CT molecular complexity index is 254. The van der Waals surface area contributed by atoms with Gasteiger partial charge in [0.05, 0.1) is 19.8 Å². The Morgan fingerprint density at radius 2 is 1.57 bits per heavy atom. The fraction of sp³-hybridized carbons (Fsp3) is 0.444. The first-order valence-corrected chi connectivity index (χ1v) is 4.27. The van der Waals surface area contributed by atoms with Crippen molar-refractivity contribution in [2.45, 2.75) is 5.54 Å². The van der Waals surface area contributed by atoms with E-state index in [0.29, 0.717) is 5.69 Å². The summed E-state index contributed by atoms with van der Waals surface area (Å²) in [5, 5.41) is 30.0. The second-order valence-electron chi connectivity index (χ2n) is 3.12. The lowest BCUT2D eigenvalue weighted by molar-refractivity contribution is 0.0833. The molecular formula is C9H14N2O3. The average Bonchev–Trinajstić information content (AvgIpc) is 2.28. The summed E-state index contributed by atoms with van der Waals surface area (Å²) < 4.78 is 0. The van der Waals surface area contributed by atoms with E-state index in [1.807, 2.05) is 0 Å². The zero-order chi connectivity index (χ0) is 10.4. The van der Waals surface area contributed by atoms with Crippen molar-refractivity contribution in [1.82, 2.24) is 4.98 Å². The third-order valence-corrected chi connectivity index (χ3v) is 2.00. The molecule has 0 fully saturated rings. The second kappa shape index (κ2) is 4.90. The summed E-state index contributed by atoms with van der Waals surface area (Å²) in [4.78, 5) is 3.83. The highest BCUT2D eigenvalue weighted by Gasteiger charge is 2.27. The van der Waals surface area contributed by atoms with Crippen LogP contribution in [-0.4, -0.2) is 45.7 Å². The van der Waals surface area contributed by atoms with Crippen molar-refractivity contribution < 1.29 is 15.3 Å². The summed E-state index contributed by atoms with van der Waals surface area (Å²) in [7, 11) is 0. The molecule has 0 unspecified atom stereocenters. The van der Waals surface area contributed by atoms with Crippen LogP contribution in [0.1, 0.15) is 0 Å². The molecule has 78 valence electrons. The van der Waals surface area contributed by atoms with E-state index >= 15 is 0 Å². The van der Waals surface area contributed by atoms with Gasteiger partial charge in [0.15, 0.2) is 0 Å². The molecule has 14 heavy (non-hydrogen) atoms. The van der Waals surface area contributed by atoms with Crippen molar-refractivity contribution in [1.29, 1.82) is 0 Å². The van der Waals surface area contributed by atoms with E-state index < -0.39 is 5.54 Å². The van der Waals surface area contributed by atoms with Crippen molar-refractivity contribution in [3.8, 4) is 0 Å². The minimum Gasteiger partial charge on any atom is -0.394 e. The number of hydrogen-bond donors (Lipinski definition) is 4. The summed E-state index contributed by atoms with van der Waals surface area (Å²) >= 11 is 0. The molecule has 5 nitrogen and oxygen atoms in total. The molecule has 0 saturated heterocycles. The minimum absolute atomic E-state index is 0.345. The van der Waals surface area contributed by atoms with Crippen LogP contribution in [-0.2, 0) is 0 Å². The van der Waals surface area contributed by atoms with Gasteiger partial charge in [-0.3, -0.25) is 4.98 Å². The van der Waals surface area contributed by atoms with E-state index in [1.54, 1.807) is 24.5 Å². The van der Waals surface area contributed by atoms with Gasteiger partial charge in [0.2, 0.25) is 0 Å². The van der Waals surface area contributed by atoms with E-state index in [0.717, 1.165) is 0 Å². The van der Waals surface area contributed by atoms with E-state index in [-0.39, 0.29) is 19.8 Å². The maximum Gasteiger partial charge on any atom is 0.107 e. The molecule has 0 aromatic carbocycles. The Morgan fingerprint density at radius 1 is 1.07 bits per heavy atom. The molecule has 0 radical (unpaired) electrons. The van der Waals surface area contributed by atoms with Gasteiger partial charge in [-0.2, -0.15) is 0 Å². The summed E-state index contributed by atoms with van der Waals surface area (Å²) in [6, 6.07) is 3.38. The number of rotatable bonds is 5. The molecule has 0 saturated carbocycles. The summed E-state index contributed by atoms with van der Waals surface area (Å²) in [5.41, 5.74) is -0.390. The van der Waals surface area contributed by atoms with Crippen LogP contribution in [0.2, 0.25) is 0 Å². The number of nitrogens with one attached hydrogen (secondary N) is 1. The van der Waals surface area contributed by atoms with E-state index in [2.05, 4.69) is 10.3 Å². The van der Waals surface area contributed by atoms with Crippen LogP contribution in [0.25, 0.3) is 0 Å². The minimum atomic E-state index is -1.08. The Labute approximate surface area is 82.0 Å². The van der Waals surface area contributed by atoms with Crippen LogP contribution in [0.3, 0.4) is 0 Å². The van der Waals surface area contributed by atoms with Crippen molar-refractivity contribution in [3.05, 3.63) is 24.5 Å². The third-order valence-electron chi connectivity index (χ3n) is 2.00. The zero-order valence-corrected chi connectivity index (χ0v) is 7.72. The van der Waals surface area contributed by atoms with Crippen LogP contribution in [0.5, 0.6) is 0 Å². The van der Waals surface area contributed by atoms with Crippen LogP contribution in [0.4, 0.5) is 5.69 Å². The van der Waals surface area contributed by atoms with Gasteiger partial charge in [-0.25, -0.2) is 0 Å². The molecule has 4 N–H and O–H groups in total. The standard InChI is InChI=1S/C9H14N2O3/c12-5-9(6-13,7-14)11-8-1-3-10-4-2-8/h1-4,12-14H,5-7H2,(H,10,11). The van der Waals surface area contributed by atoms with Gasteiger partial charge in [0.1, 0.15) is 5.54 Å². The van der Waals surface area contributed by atoms with E-state index in [9.17, 15) is 0 Å². The molecule has 0 atom stereocenters. The fourth-order valence-corrected chi connectivity index (χ4v) is 1.01. The predicted molar refractivity (Wildman–Crippen MR) is 51.8 cm³/mol. The van der Waals surface area contributed by atoms with Crippen LogP contribution in [0, 0.1) is 0 Å². The van der Waals surface area contributed by atoms with Gasteiger partial charge in [0, 0.05) is 18.1 Å². The highest BCUT2D eigenvalue weighted by Crippen LogP contribution is 2.13. The van der Waals surface area contributed by atoms with Crippen molar-refractivity contribution >= 4 is 5.69 Å². The van der Waals surface area contributed by atoms with Crippen molar-refractivity contribution in [3.63, 3.8) is 0 Å². The molecule has 0 amide bonds. The molecule has 1 rings (SSSR count). The zero-order valence-electron chi connectivity index (χ0n) is 7.72. The summed E-state index contributed by atoms with van der Waals surface area (Å²) in [6.07, 6.45) is 3.17. The first-order chi connectivity index (χ1) is 6.76. The van der Waals surface area contributed by atoms with Gasteiger partial charge >= 0.3 is 0 Å². The SMILES string of the molecule is OCC(CO)(CO)Nc1ccncc1. The lowest BCUT2D eigenvalue weighted by Crippen LogP contribution is -2.49. The van der Waals surface area contributed by atoms with Gasteiger partial charge in [-0.15, -0.1) is 0 Å². The Hall–Kier alpha value is -1.17. The first-order valence-electron chi connectivity index (χ1n) is 4.27. The number of nitrogens with zero attached hydrogens (tertiary/aromatic N) is 1. The molecule has 0 aliphatic rings. The average molecular weight is 198 g/mol. The van der Waals surface area contributed by atoms with Crippen LogP contribution < -0.4 is 5.32 Å². The van der Waals surface area contributed by atoms with Gasteiger partial charge < -0.3 is 20.6 Å². The molecular weight excluding hydrogens is 184 g/mol. The van der Waals surface area contributed by atoms with Crippen LogP contribution >= 0.6 is 0 Å². The Morgan fingerprint density at radius 3 is 2.00 bits per heavy atom. The maximum absolute atomic E-state index is 9.04. The van der Waals surface area contributed by atoms with Crippen LogP contribution in [0.15, 0.2) is 24.5 Å². The molecule has 1 aromatic rings. The van der Waals surface area contributed by atoms with Crippen molar-refractivity contribution in [2.75, 3.05) is 25.1 Å². The van der Waals surface area contributed by atoms with Crippen molar-refractivity contribution in [2.24, 2.45) is 0 Å². The summed E-state index contributed by atoms with van der Waals surface area (Å²) in [5.74, 6) is 0. The topological polar surface area (TPSA) is 85.6 Å². The number of aliphatic hydroxyl groups excluding tert-OH is 3. The van der Waals surface area contributed by atoms with Gasteiger partial charge in [-0.1, -0.05) is 0 Å².